The first-order chi connectivity index (χ1) is 9.63. The highest BCUT2D eigenvalue weighted by atomic mass is 79.9. The molecule has 3 nitrogen and oxygen atoms in total. The molecule has 2 aromatic rings. The second-order valence-electron chi connectivity index (χ2n) is 4.41. The fourth-order valence-electron chi connectivity index (χ4n) is 1.83. The molecule has 0 aliphatic heterocycles. The van der Waals surface area contributed by atoms with Crippen LogP contribution in [0.4, 0.5) is 5.69 Å². The van der Waals surface area contributed by atoms with Crippen LogP contribution in [0.5, 0.6) is 5.75 Å². The molecule has 0 unspecified atom stereocenters. The lowest BCUT2D eigenvalue weighted by Crippen LogP contribution is -2.05. The highest BCUT2D eigenvalue weighted by Crippen LogP contribution is 2.27. The fourth-order valence-corrected chi connectivity index (χ4v) is 2.32. The van der Waals surface area contributed by atoms with Crippen molar-refractivity contribution in [1.29, 1.82) is 0 Å². The fraction of sp³-hybridized carbons (Fsp3) is 0.188. The summed E-state index contributed by atoms with van der Waals surface area (Å²) < 4.78 is 6.34. The Labute approximate surface area is 126 Å². The van der Waals surface area contributed by atoms with E-state index in [1.165, 1.54) is 0 Å². The van der Waals surface area contributed by atoms with Gasteiger partial charge in [0.2, 0.25) is 0 Å². The Morgan fingerprint density at radius 2 is 2.00 bits per heavy atom. The maximum absolute atomic E-state index is 12.4. The van der Waals surface area contributed by atoms with Gasteiger partial charge in [-0.1, -0.05) is 19.1 Å². The van der Waals surface area contributed by atoms with E-state index in [9.17, 15) is 4.79 Å². The number of carbonyl (C=O) groups excluding carboxylic acids is 1. The van der Waals surface area contributed by atoms with Crippen LogP contribution >= 0.6 is 15.9 Å². The van der Waals surface area contributed by atoms with Crippen LogP contribution in [0.2, 0.25) is 0 Å². The van der Waals surface area contributed by atoms with Crippen molar-refractivity contribution in [2.24, 2.45) is 0 Å². The minimum atomic E-state index is -0.0918. The second kappa shape index (κ2) is 6.57. The molecule has 20 heavy (non-hydrogen) atoms. The van der Waals surface area contributed by atoms with E-state index in [0.29, 0.717) is 23.4 Å². The normalized spacial score (nSPS) is 10.3. The van der Waals surface area contributed by atoms with Gasteiger partial charge in [-0.25, -0.2) is 0 Å². The number of halogens is 1. The van der Waals surface area contributed by atoms with Crippen molar-refractivity contribution in [3.63, 3.8) is 0 Å². The zero-order valence-corrected chi connectivity index (χ0v) is 12.8. The number of ether oxygens (including phenoxy) is 1. The summed E-state index contributed by atoms with van der Waals surface area (Å²) in [6.45, 7) is 2.70. The van der Waals surface area contributed by atoms with Crippen molar-refractivity contribution in [3.8, 4) is 5.75 Å². The van der Waals surface area contributed by atoms with Crippen LogP contribution in [0.3, 0.4) is 0 Å². The maximum Gasteiger partial charge on any atom is 0.195 e. The lowest BCUT2D eigenvalue weighted by molar-refractivity contribution is 0.103. The third-order valence-corrected chi connectivity index (χ3v) is 3.48. The van der Waals surface area contributed by atoms with E-state index in [4.69, 9.17) is 10.5 Å². The summed E-state index contributed by atoms with van der Waals surface area (Å²) in [5.41, 5.74) is 7.42. The Hall–Kier alpha value is -1.81. The molecule has 0 saturated carbocycles. The van der Waals surface area contributed by atoms with E-state index in [1.54, 1.807) is 36.4 Å². The summed E-state index contributed by atoms with van der Waals surface area (Å²) in [7, 11) is 0. The van der Waals surface area contributed by atoms with Gasteiger partial charge in [-0.05, 0) is 52.7 Å². The SMILES string of the molecule is CCCOc1ccc(C(=O)c2ccccc2N)cc1Br. The van der Waals surface area contributed by atoms with Crippen LogP contribution in [0.1, 0.15) is 29.3 Å². The Morgan fingerprint density at radius 1 is 1.25 bits per heavy atom. The number of anilines is 1. The molecule has 0 aliphatic carbocycles. The second-order valence-corrected chi connectivity index (χ2v) is 5.26. The van der Waals surface area contributed by atoms with Crippen molar-refractivity contribution in [2.75, 3.05) is 12.3 Å². The van der Waals surface area contributed by atoms with Gasteiger partial charge in [0.05, 0.1) is 11.1 Å². The maximum atomic E-state index is 12.4. The van der Waals surface area contributed by atoms with Crippen LogP contribution in [-0.2, 0) is 0 Å². The van der Waals surface area contributed by atoms with Gasteiger partial charge >= 0.3 is 0 Å². The van der Waals surface area contributed by atoms with E-state index < -0.39 is 0 Å². The quantitative estimate of drug-likeness (QED) is 0.663. The van der Waals surface area contributed by atoms with Gasteiger partial charge in [-0.2, -0.15) is 0 Å². The summed E-state index contributed by atoms with van der Waals surface area (Å²) in [5.74, 6) is 0.648. The van der Waals surface area contributed by atoms with Gasteiger partial charge in [-0.15, -0.1) is 0 Å². The first-order valence-electron chi connectivity index (χ1n) is 6.45. The molecule has 0 aromatic heterocycles. The highest BCUT2D eigenvalue weighted by molar-refractivity contribution is 9.10. The van der Waals surface area contributed by atoms with Crippen LogP contribution in [-0.4, -0.2) is 12.4 Å². The minimum Gasteiger partial charge on any atom is -0.492 e. The molecule has 2 rings (SSSR count). The number of ketones is 1. The smallest absolute Gasteiger partial charge is 0.195 e. The molecule has 104 valence electrons. The molecule has 0 radical (unpaired) electrons. The summed E-state index contributed by atoms with van der Waals surface area (Å²) >= 11 is 3.43. The van der Waals surface area contributed by atoms with Crippen molar-refractivity contribution < 1.29 is 9.53 Å². The third-order valence-electron chi connectivity index (χ3n) is 2.86. The van der Waals surface area contributed by atoms with Gasteiger partial charge in [-0.3, -0.25) is 4.79 Å². The van der Waals surface area contributed by atoms with E-state index in [2.05, 4.69) is 15.9 Å². The highest BCUT2D eigenvalue weighted by Gasteiger charge is 2.13. The standard InChI is InChI=1S/C16H16BrNO2/c1-2-9-20-15-8-7-11(10-13(15)17)16(19)12-5-3-4-6-14(12)18/h3-8,10H,2,9,18H2,1H3. The van der Waals surface area contributed by atoms with Gasteiger partial charge in [0, 0.05) is 16.8 Å². The van der Waals surface area contributed by atoms with Crippen molar-refractivity contribution >= 4 is 27.4 Å². The van der Waals surface area contributed by atoms with Gasteiger partial charge in [0.1, 0.15) is 5.75 Å². The number of hydrogen-bond acceptors (Lipinski definition) is 3. The summed E-state index contributed by atoms with van der Waals surface area (Å²) in [6.07, 6.45) is 0.938. The molecule has 0 fully saturated rings. The van der Waals surface area contributed by atoms with Crippen LogP contribution in [0, 0.1) is 0 Å². The molecule has 0 heterocycles. The minimum absolute atomic E-state index is 0.0918. The summed E-state index contributed by atoms with van der Waals surface area (Å²) in [5, 5.41) is 0. The lowest BCUT2D eigenvalue weighted by Gasteiger charge is -2.09. The van der Waals surface area contributed by atoms with Crippen molar-refractivity contribution in [1.82, 2.24) is 0 Å². The summed E-state index contributed by atoms with van der Waals surface area (Å²) in [4.78, 5) is 12.4. The van der Waals surface area contributed by atoms with Gasteiger partial charge in [0.15, 0.2) is 5.78 Å². The zero-order valence-electron chi connectivity index (χ0n) is 11.2. The number of benzene rings is 2. The Balaban J connectivity index is 2.28. The van der Waals surface area contributed by atoms with Gasteiger partial charge < -0.3 is 10.5 Å². The zero-order chi connectivity index (χ0) is 14.5. The Kier molecular flexibility index (Phi) is 4.79. The monoisotopic (exact) mass is 333 g/mol. The lowest BCUT2D eigenvalue weighted by atomic mass is 10.0. The molecule has 2 aromatic carbocycles. The number of rotatable bonds is 5. The predicted octanol–water partition coefficient (Wildman–Crippen LogP) is 4.05. The average molecular weight is 334 g/mol. The topological polar surface area (TPSA) is 52.3 Å². The number of para-hydroxylation sites is 1. The third kappa shape index (κ3) is 3.20. The van der Waals surface area contributed by atoms with E-state index in [0.717, 1.165) is 16.6 Å². The van der Waals surface area contributed by atoms with E-state index in [1.807, 2.05) is 13.0 Å². The van der Waals surface area contributed by atoms with Crippen molar-refractivity contribution in [3.05, 3.63) is 58.1 Å². The first kappa shape index (κ1) is 14.6. The number of nitrogen functional groups attached to an aromatic ring is 1. The molecule has 4 heteroatoms. The Morgan fingerprint density at radius 3 is 2.65 bits per heavy atom. The Bertz CT molecular complexity index is 626. The number of carbonyl (C=O) groups is 1. The van der Waals surface area contributed by atoms with E-state index in [-0.39, 0.29) is 5.78 Å². The molecule has 0 spiro atoms. The van der Waals surface area contributed by atoms with Gasteiger partial charge in [0.25, 0.3) is 0 Å². The van der Waals surface area contributed by atoms with Crippen LogP contribution in [0.25, 0.3) is 0 Å². The number of hydrogen-bond donors (Lipinski definition) is 1. The predicted molar refractivity (Wildman–Crippen MR) is 84.2 cm³/mol. The molecule has 0 aliphatic rings. The molecule has 0 amide bonds. The molecular weight excluding hydrogens is 318 g/mol. The average Bonchev–Trinajstić information content (AvgIpc) is 2.46. The number of nitrogens with two attached hydrogens (primary N) is 1. The molecule has 0 atom stereocenters. The first-order valence-corrected chi connectivity index (χ1v) is 7.24. The largest absolute Gasteiger partial charge is 0.492 e. The molecular formula is C16H16BrNO2. The van der Waals surface area contributed by atoms with E-state index >= 15 is 0 Å². The molecule has 0 saturated heterocycles. The summed E-state index contributed by atoms with van der Waals surface area (Å²) in [6, 6.07) is 12.4. The van der Waals surface area contributed by atoms with Crippen LogP contribution in [0.15, 0.2) is 46.9 Å². The van der Waals surface area contributed by atoms with Crippen molar-refractivity contribution in [2.45, 2.75) is 13.3 Å². The van der Waals surface area contributed by atoms with Crippen LogP contribution < -0.4 is 10.5 Å². The molecule has 2 N–H and O–H groups in total. The molecule has 0 bridgehead atoms.